The molecule has 0 N–H and O–H groups in total. The molecule has 2 nitrogen and oxygen atoms in total. The second-order valence-electron chi connectivity index (χ2n) is 2.85. The first-order chi connectivity index (χ1) is 7.16. The second-order valence-corrected chi connectivity index (χ2v) is 4.10. The minimum Gasteiger partial charge on any atom is -0.223 e. The molecule has 0 aliphatic heterocycles. The van der Waals surface area contributed by atoms with Crippen LogP contribution >= 0.6 is 27.5 Å². The third-order valence-corrected chi connectivity index (χ3v) is 2.49. The van der Waals surface area contributed by atoms with Gasteiger partial charge in [0.2, 0.25) is 5.28 Å². The standard InChI is InChI=1S/C10H5BrClFN2/c11-7-3-1-2-6(4-7)9-8(13)5-14-10(12)15-9/h1-5H. The Bertz CT molecular complexity index is 505. The van der Waals surface area contributed by atoms with Crippen molar-refractivity contribution in [3.8, 4) is 11.3 Å². The van der Waals surface area contributed by atoms with E-state index < -0.39 is 5.82 Å². The third kappa shape index (κ3) is 2.33. The number of halogens is 3. The lowest BCUT2D eigenvalue weighted by Gasteiger charge is -2.02. The van der Waals surface area contributed by atoms with Gasteiger partial charge in [-0.25, -0.2) is 14.4 Å². The van der Waals surface area contributed by atoms with Gasteiger partial charge in [0.05, 0.1) is 6.20 Å². The predicted octanol–water partition coefficient (Wildman–Crippen LogP) is 3.70. The minimum absolute atomic E-state index is 0.0337. The SMILES string of the molecule is Fc1cnc(Cl)nc1-c1cccc(Br)c1. The molecule has 0 aliphatic carbocycles. The summed E-state index contributed by atoms with van der Waals surface area (Å²) in [5.74, 6) is -0.488. The Balaban J connectivity index is 2.58. The Morgan fingerprint density at radius 2 is 2.13 bits per heavy atom. The van der Waals surface area contributed by atoms with E-state index in [9.17, 15) is 4.39 Å². The molecule has 0 spiro atoms. The molecule has 15 heavy (non-hydrogen) atoms. The fraction of sp³-hybridized carbons (Fsp3) is 0. The van der Waals surface area contributed by atoms with Crippen LogP contribution in [0.4, 0.5) is 4.39 Å². The van der Waals surface area contributed by atoms with Crippen molar-refractivity contribution in [2.45, 2.75) is 0 Å². The number of benzene rings is 1. The fourth-order valence-corrected chi connectivity index (χ4v) is 1.72. The number of rotatable bonds is 1. The van der Waals surface area contributed by atoms with Gasteiger partial charge in [-0.2, -0.15) is 0 Å². The Morgan fingerprint density at radius 1 is 1.33 bits per heavy atom. The summed E-state index contributed by atoms with van der Waals surface area (Å²) in [6, 6.07) is 7.17. The summed E-state index contributed by atoms with van der Waals surface area (Å²) in [6.07, 6.45) is 1.06. The molecule has 0 radical (unpaired) electrons. The molecule has 2 aromatic rings. The lowest BCUT2D eigenvalue weighted by molar-refractivity contribution is 0.618. The Morgan fingerprint density at radius 3 is 2.87 bits per heavy atom. The van der Waals surface area contributed by atoms with Gasteiger partial charge in [0.1, 0.15) is 5.69 Å². The van der Waals surface area contributed by atoms with Crippen LogP contribution in [-0.4, -0.2) is 9.97 Å². The smallest absolute Gasteiger partial charge is 0.223 e. The van der Waals surface area contributed by atoms with E-state index in [0.29, 0.717) is 5.56 Å². The van der Waals surface area contributed by atoms with Gasteiger partial charge in [0.15, 0.2) is 5.82 Å². The van der Waals surface area contributed by atoms with Gasteiger partial charge >= 0.3 is 0 Å². The monoisotopic (exact) mass is 286 g/mol. The van der Waals surface area contributed by atoms with E-state index in [4.69, 9.17) is 11.6 Å². The summed E-state index contributed by atoms with van der Waals surface area (Å²) in [4.78, 5) is 7.40. The molecule has 0 atom stereocenters. The maximum absolute atomic E-state index is 13.4. The fourth-order valence-electron chi connectivity index (χ4n) is 1.18. The van der Waals surface area contributed by atoms with Gasteiger partial charge in [0.25, 0.3) is 0 Å². The summed E-state index contributed by atoms with van der Waals surface area (Å²) >= 11 is 8.91. The Kier molecular flexibility index (Phi) is 2.98. The summed E-state index contributed by atoms with van der Waals surface area (Å²) in [7, 11) is 0. The molecule has 0 unspecified atom stereocenters. The molecule has 0 aliphatic rings. The third-order valence-electron chi connectivity index (χ3n) is 1.81. The van der Waals surface area contributed by atoms with Crippen molar-refractivity contribution in [1.82, 2.24) is 9.97 Å². The topological polar surface area (TPSA) is 25.8 Å². The zero-order chi connectivity index (χ0) is 10.8. The highest BCUT2D eigenvalue weighted by Gasteiger charge is 2.08. The van der Waals surface area contributed by atoms with Crippen LogP contribution in [0.25, 0.3) is 11.3 Å². The molecule has 0 amide bonds. The van der Waals surface area contributed by atoms with Crippen LogP contribution < -0.4 is 0 Å². The lowest BCUT2D eigenvalue weighted by Crippen LogP contribution is -1.92. The van der Waals surface area contributed by atoms with Crippen molar-refractivity contribution < 1.29 is 4.39 Å². The molecule has 2 rings (SSSR count). The lowest BCUT2D eigenvalue weighted by atomic mass is 10.1. The highest BCUT2D eigenvalue weighted by molar-refractivity contribution is 9.10. The van der Waals surface area contributed by atoms with Crippen LogP contribution in [0.5, 0.6) is 0 Å². The number of aromatic nitrogens is 2. The molecular weight excluding hydrogens is 282 g/mol. The van der Waals surface area contributed by atoms with E-state index in [0.717, 1.165) is 10.7 Å². The van der Waals surface area contributed by atoms with Crippen LogP contribution in [0.3, 0.4) is 0 Å². The van der Waals surface area contributed by atoms with Crippen LogP contribution in [0.15, 0.2) is 34.9 Å². The van der Waals surface area contributed by atoms with Crippen LogP contribution in [-0.2, 0) is 0 Å². The van der Waals surface area contributed by atoms with Crippen molar-refractivity contribution in [1.29, 1.82) is 0 Å². The van der Waals surface area contributed by atoms with Crippen LogP contribution in [0.2, 0.25) is 5.28 Å². The minimum atomic E-state index is -0.488. The van der Waals surface area contributed by atoms with E-state index in [1.807, 2.05) is 6.07 Å². The maximum Gasteiger partial charge on any atom is 0.223 e. The van der Waals surface area contributed by atoms with Crippen LogP contribution in [0, 0.1) is 5.82 Å². The Labute approximate surface area is 99.3 Å². The summed E-state index contributed by atoms with van der Waals surface area (Å²) in [5.41, 5.74) is 0.863. The average Bonchev–Trinajstić information content (AvgIpc) is 2.22. The normalized spacial score (nSPS) is 10.3. The van der Waals surface area contributed by atoms with E-state index in [1.165, 1.54) is 0 Å². The zero-order valence-corrected chi connectivity index (χ0v) is 9.76. The number of hydrogen-bond donors (Lipinski definition) is 0. The molecular formula is C10H5BrClFN2. The molecule has 0 saturated carbocycles. The van der Waals surface area contributed by atoms with Crippen molar-refractivity contribution >= 4 is 27.5 Å². The summed E-state index contributed by atoms with van der Waals surface area (Å²) in [6.45, 7) is 0. The molecule has 0 saturated heterocycles. The molecule has 1 heterocycles. The van der Waals surface area contributed by atoms with E-state index >= 15 is 0 Å². The summed E-state index contributed by atoms with van der Waals surface area (Å²) < 4.78 is 14.2. The van der Waals surface area contributed by atoms with E-state index in [-0.39, 0.29) is 11.0 Å². The van der Waals surface area contributed by atoms with Crippen molar-refractivity contribution in [2.75, 3.05) is 0 Å². The van der Waals surface area contributed by atoms with Gasteiger partial charge in [-0.15, -0.1) is 0 Å². The first-order valence-electron chi connectivity index (χ1n) is 4.11. The molecule has 5 heteroatoms. The maximum atomic E-state index is 13.4. The molecule has 1 aromatic carbocycles. The van der Waals surface area contributed by atoms with Gasteiger partial charge < -0.3 is 0 Å². The Hall–Kier alpha value is -1.00. The van der Waals surface area contributed by atoms with Crippen molar-refractivity contribution in [2.24, 2.45) is 0 Å². The summed E-state index contributed by atoms with van der Waals surface area (Å²) in [5, 5.41) is 0.0337. The van der Waals surface area contributed by atoms with Gasteiger partial charge in [-0.1, -0.05) is 28.1 Å². The highest BCUT2D eigenvalue weighted by atomic mass is 79.9. The zero-order valence-electron chi connectivity index (χ0n) is 7.42. The molecule has 76 valence electrons. The van der Waals surface area contributed by atoms with Crippen LogP contribution in [0.1, 0.15) is 0 Å². The van der Waals surface area contributed by atoms with Crippen molar-refractivity contribution in [3.63, 3.8) is 0 Å². The van der Waals surface area contributed by atoms with Crippen molar-refractivity contribution in [3.05, 3.63) is 46.0 Å². The first-order valence-corrected chi connectivity index (χ1v) is 5.28. The quantitative estimate of drug-likeness (QED) is 0.747. The largest absolute Gasteiger partial charge is 0.223 e. The van der Waals surface area contributed by atoms with Gasteiger partial charge in [-0.3, -0.25) is 0 Å². The molecule has 1 aromatic heterocycles. The van der Waals surface area contributed by atoms with E-state index in [1.54, 1.807) is 18.2 Å². The van der Waals surface area contributed by atoms with Gasteiger partial charge in [0, 0.05) is 10.0 Å². The van der Waals surface area contributed by atoms with E-state index in [2.05, 4.69) is 25.9 Å². The van der Waals surface area contributed by atoms with Gasteiger partial charge in [-0.05, 0) is 23.7 Å². The average molecular weight is 288 g/mol. The second kappa shape index (κ2) is 4.24. The first kappa shape index (κ1) is 10.5. The number of hydrogen-bond acceptors (Lipinski definition) is 2. The number of nitrogens with zero attached hydrogens (tertiary/aromatic N) is 2. The highest BCUT2D eigenvalue weighted by Crippen LogP contribution is 2.24. The predicted molar refractivity (Wildman–Crippen MR) is 60.1 cm³/mol. The molecule has 0 fully saturated rings. The molecule has 0 bridgehead atoms.